The van der Waals surface area contributed by atoms with E-state index in [1.54, 1.807) is 0 Å². The van der Waals surface area contributed by atoms with Gasteiger partial charge >= 0.3 is 6.09 Å². The lowest BCUT2D eigenvalue weighted by Crippen LogP contribution is -2.29. The second-order valence-corrected chi connectivity index (χ2v) is 6.09. The molecular weight excluding hydrogens is 278 g/mol. The van der Waals surface area contributed by atoms with Crippen LogP contribution in [-0.2, 0) is 17.8 Å². The van der Waals surface area contributed by atoms with Crippen LogP contribution < -0.4 is 5.62 Å². The number of imidazole rings is 1. The quantitative estimate of drug-likeness (QED) is 0.874. The van der Waals surface area contributed by atoms with E-state index in [0.717, 1.165) is 12.1 Å². The van der Waals surface area contributed by atoms with E-state index in [1.807, 2.05) is 79.6 Å². The molecule has 1 aromatic carbocycles. The molecule has 118 valence electrons. The summed E-state index contributed by atoms with van der Waals surface area (Å²) in [6.45, 7) is 8.91. The molecule has 0 spiro atoms. The van der Waals surface area contributed by atoms with Crippen LogP contribution >= 0.6 is 0 Å². The van der Waals surface area contributed by atoms with Crippen molar-refractivity contribution in [3.8, 4) is 0 Å². The highest BCUT2D eigenvalue weighted by Gasteiger charge is 2.16. The third-order valence-electron chi connectivity index (χ3n) is 3.06. The molecule has 0 aliphatic rings. The maximum atomic E-state index is 12.0. The molecule has 0 radical (unpaired) electrons. The van der Waals surface area contributed by atoms with Crippen molar-refractivity contribution in [2.24, 2.45) is 4.99 Å². The zero-order chi connectivity index (χ0) is 16.2. The first-order chi connectivity index (χ1) is 10.4. The standard InChI is InChI=1S/C17H23N3O2/c1-5-19-11-12-20(13-14-9-7-6-8-10-14)15(19)18-16(21)22-17(2,3)4/h6-12H,5,13H2,1-4H3/b18-15+. The zero-order valence-electron chi connectivity index (χ0n) is 13.6. The van der Waals surface area contributed by atoms with E-state index in [-0.39, 0.29) is 0 Å². The Balaban J connectivity index is 2.33. The number of carbonyl (C=O) groups is 1. The minimum Gasteiger partial charge on any atom is -0.442 e. The van der Waals surface area contributed by atoms with E-state index in [4.69, 9.17) is 4.74 Å². The Morgan fingerprint density at radius 1 is 1.14 bits per heavy atom. The van der Waals surface area contributed by atoms with Gasteiger partial charge in [-0.1, -0.05) is 30.3 Å². The van der Waals surface area contributed by atoms with Crippen molar-refractivity contribution >= 4 is 6.09 Å². The van der Waals surface area contributed by atoms with Crippen LogP contribution in [0.25, 0.3) is 0 Å². The molecule has 0 saturated heterocycles. The molecule has 0 N–H and O–H groups in total. The van der Waals surface area contributed by atoms with Crippen molar-refractivity contribution in [3.63, 3.8) is 0 Å². The molecule has 0 unspecified atom stereocenters. The number of hydrogen-bond donors (Lipinski definition) is 0. The summed E-state index contributed by atoms with van der Waals surface area (Å²) in [7, 11) is 0. The number of aryl methyl sites for hydroxylation is 1. The fourth-order valence-corrected chi connectivity index (χ4v) is 2.10. The summed E-state index contributed by atoms with van der Waals surface area (Å²) in [4.78, 5) is 16.1. The Bertz CT molecular complexity index is 691. The van der Waals surface area contributed by atoms with Gasteiger partial charge in [-0.05, 0) is 33.3 Å². The minimum absolute atomic E-state index is 0.547. The molecule has 1 heterocycles. The SMILES string of the molecule is CCn1ccn(Cc2ccccc2)/c1=N/C(=O)OC(C)(C)C. The van der Waals surface area contributed by atoms with Gasteiger partial charge in [-0.15, -0.1) is 4.99 Å². The average Bonchev–Trinajstić information content (AvgIpc) is 2.80. The molecule has 1 aromatic heterocycles. The second-order valence-electron chi connectivity index (χ2n) is 6.09. The lowest BCUT2D eigenvalue weighted by Gasteiger charge is -2.17. The molecule has 2 rings (SSSR count). The van der Waals surface area contributed by atoms with Crippen molar-refractivity contribution < 1.29 is 9.53 Å². The number of rotatable bonds is 3. The van der Waals surface area contributed by atoms with Gasteiger partial charge in [-0.3, -0.25) is 0 Å². The van der Waals surface area contributed by atoms with Crippen LogP contribution in [0, 0.1) is 0 Å². The Hall–Kier alpha value is -2.30. The number of amides is 1. The Labute approximate surface area is 130 Å². The van der Waals surface area contributed by atoms with Gasteiger partial charge in [-0.2, -0.15) is 0 Å². The van der Waals surface area contributed by atoms with Crippen molar-refractivity contribution in [3.05, 3.63) is 53.9 Å². The highest BCUT2D eigenvalue weighted by atomic mass is 16.6. The van der Waals surface area contributed by atoms with Crippen LogP contribution in [0.2, 0.25) is 0 Å². The largest absolute Gasteiger partial charge is 0.442 e. The molecule has 0 fully saturated rings. The van der Waals surface area contributed by atoms with Gasteiger partial charge < -0.3 is 13.9 Å². The molecule has 5 heteroatoms. The first kappa shape index (κ1) is 16.1. The van der Waals surface area contributed by atoms with E-state index in [9.17, 15) is 4.79 Å². The maximum absolute atomic E-state index is 12.0. The molecule has 1 amide bonds. The van der Waals surface area contributed by atoms with Gasteiger partial charge in [0.1, 0.15) is 5.60 Å². The summed E-state index contributed by atoms with van der Waals surface area (Å²) in [5.41, 5.74) is 1.21. The fraction of sp³-hybridized carbons (Fsp3) is 0.412. The van der Waals surface area contributed by atoms with Gasteiger partial charge in [-0.25, -0.2) is 4.79 Å². The van der Waals surface area contributed by atoms with Gasteiger partial charge in [0, 0.05) is 18.9 Å². The number of hydrogen-bond acceptors (Lipinski definition) is 2. The van der Waals surface area contributed by atoms with E-state index >= 15 is 0 Å². The molecule has 2 aromatic rings. The third-order valence-corrected chi connectivity index (χ3v) is 3.06. The predicted molar refractivity (Wildman–Crippen MR) is 85.4 cm³/mol. The molecule has 0 saturated carbocycles. The third kappa shape index (κ3) is 4.35. The molecule has 5 nitrogen and oxygen atoms in total. The summed E-state index contributed by atoms with van der Waals surface area (Å²) in [5.74, 6) is 0. The van der Waals surface area contributed by atoms with Gasteiger partial charge in [0.05, 0.1) is 6.54 Å². The lowest BCUT2D eigenvalue weighted by atomic mass is 10.2. The Morgan fingerprint density at radius 3 is 2.36 bits per heavy atom. The first-order valence-corrected chi connectivity index (χ1v) is 7.46. The van der Waals surface area contributed by atoms with Crippen LogP contribution in [0.1, 0.15) is 33.3 Å². The lowest BCUT2D eigenvalue weighted by molar-refractivity contribution is 0.0593. The van der Waals surface area contributed by atoms with Gasteiger partial charge in [0.25, 0.3) is 0 Å². The van der Waals surface area contributed by atoms with Crippen molar-refractivity contribution in [2.45, 2.75) is 46.4 Å². The highest BCUT2D eigenvalue weighted by Crippen LogP contribution is 2.07. The monoisotopic (exact) mass is 301 g/mol. The summed E-state index contributed by atoms with van der Waals surface area (Å²) in [6, 6.07) is 10.1. The molecule has 22 heavy (non-hydrogen) atoms. The van der Waals surface area contributed by atoms with Crippen molar-refractivity contribution in [2.75, 3.05) is 0 Å². The fourth-order valence-electron chi connectivity index (χ4n) is 2.10. The normalized spacial score (nSPS) is 12.5. The van der Waals surface area contributed by atoms with Crippen LogP contribution in [0.15, 0.2) is 47.7 Å². The summed E-state index contributed by atoms with van der Waals surface area (Å²) < 4.78 is 9.15. The molecule has 0 bridgehead atoms. The molecule has 0 atom stereocenters. The van der Waals surface area contributed by atoms with Crippen molar-refractivity contribution in [1.29, 1.82) is 0 Å². The van der Waals surface area contributed by atoms with E-state index in [1.165, 1.54) is 0 Å². The van der Waals surface area contributed by atoms with E-state index < -0.39 is 11.7 Å². The topological polar surface area (TPSA) is 48.5 Å². The highest BCUT2D eigenvalue weighted by molar-refractivity contribution is 5.68. The smallest absolute Gasteiger partial charge is 0.437 e. The number of carbonyl (C=O) groups excluding carboxylic acids is 1. The number of ether oxygens (including phenoxy) is 1. The number of nitrogens with zero attached hydrogens (tertiary/aromatic N) is 3. The molecule has 0 aliphatic heterocycles. The van der Waals surface area contributed by atoms with Gasteiger partial charge in [0.2, 0.25) is 5.62 Å². The number of benzene rings is 1. The maximum Gasteiger partial charge on any atom is 0.437 e. The van der Waals surface area contributed by atoms with Crippen LogP contribution in [0.4, 0.5) is 4.79 Å². The van der Waals surface area contributed by atoms with Gasteiger partial charge in [0.15, 0.2) is 0 Å². The minimum atomic E-state index is -0.567. The van der Waals surface area contributed by atoms with E-state index in [0.29, 0.717) is 12.2 Å². The number of aromatic nitrogens is 2. The summed E-state index contributed by atoms with van der Waals surface area (Å²) in [6.07, 6.45) is 3.29. The van der Waals surface area contributed by atoms with Crippen LogP contribution in [0.5, 0.6) is 0 Å². The second kappa shape index (κ2) is 6.64. The van der Waals surface area contributed by atoms with Crippen molar-refractivity contribution in [1.82, 2.24) is 9.13 Å². The summed E-state index contributed by atoms with van der Waals surface area (Å²) in [5, 5.41) is 0. The average molecular weight is 301 g/mol. The Kier molecular flexibility index (Phi) is 4.85. The van der Waals surface area contributed by atoms with E-state index in [2.05, 4.69) is 4.99 Å². The Morgan fingerprint density at radius 2 is 1.77 bits per heavy atom. The van der Waals surface area contributed by atoms with Crippen LogP contribution in [0.3, 0.4) is 0 Å². The molecular formula is C17H23N3O2. The molecule has 0 aliphatic carbocycles. The zero-order valence-corrected chi connectivity index (χ0v) is 13.6. The summed E-state index contributed by atoms with van der Waals surface area (Å²) >= 11 is 0. The first-order valence-electron chi connectivity index (χ1n) is 7.46. The predicted octanol–water partition coefficient (Wildman–Crippen LogP) is 3.19. The van der Waals surface area contributed by atoms with Crippen LogP contribution in [-0.4, -0.2) is 20.8 Å².